The molecular formula is C9H6ClF3N2S. The van der Waals surface area contributed by atoms with Gasteiger partial charge in [0.25, 0.3) is 0 Å². The van der Waals surface area contributed by atoms with E-state index in [0.717, 1.165) is 4.88 Å². The van der Waals surface area contributed by atoms with Crippen molar-refractivity contribution in [1.82, 2.24) is 9.97 Å². The predicted molar refractivity (Wildman–Crippen MR) is 56.9 cm³/mol. The van der Waals surface area contributed by atoms with Gasteiger partial charge in [-0.2, -0.15) is 13.2 Å². The number of alkyl halides is 3. The maximum atomic E-state index is 12.2. The number of halogens is 4. The highest BCUT2D eigenvalue weighted by Crippen LogP contribution is 2.29. The summed E-state index contributed by atoms with van der Waals surface area (Å²) in [4.78, 5) is 8.92. The van der Waals surface area contributed by atoms with Crippen molar-refractivity contribution >= 4 is 33.2 Å². The molecule has 0 aliphatic carbocycles. The minimum atomic E-state index is -4.32. The van der Waals surface area contributed by atoms with E-state index in [0.29, 0.717) is 10.2 Å². The first-order valence-corrected chi connectivity index (χ1v) is 5.54. The van der Waals surface area contributed by atoms with E-state index in [1.54, 1.807) is 6.07 Å². The topological polar surface area (TPSA) is 25.8 Å². The summed E-state index contributed by atoms with van der Waals surface area (Å²) in [6.45, 7) is 1.84. The zero-order chi connectivity index (χ0) is 11.9. The Morgan fingerprint density at radius 1 is 1.38 bits per heavy atom. The van der Waals surface area contributed by atoms with Gasteiger partial charge >= 0.3 is 6.18 Å². The molecular weight excluding hydrogens is 261 g/mol. The van der Waals surface area contributed by atoms with E-state index in [-0.39, 0.29) is 11.0 Å². The van der Waals surface area contributed by atoms with Crippen molar-refractivity contribution in [3.05, 3.63) is 21.9 Å². The Kier molecular flexibility index (Phi) is 2.79. The van der Waals surface area contributed by atoms with Crippen molar-refractivity contribution in [3.63, 3.8) is 0 Å². The van der Waals surface area contributed by atoms with Gasteiger partial charge in [0.1, 0.15) is 22.2 Å². The fourth-order valence-electron chi connectivity index (χ4n) is 1.31. The van der Waals surface area contributed by atoms with Crippen molar-refractivity contribution in [2.24, 2.45) is 0 Å². The zero-order valence-electron chi connectivity index (χ0n) is 8.10. The Morgan fingerprint density at radius 2 is 2.06 bits per heavy atom. The average molecular weight is 267 g/mol. The van der Waals surface area contributed by atoms with Crippen LogP contribution in [0.3, 0.4) is 0 Å². The van der Waals surface area contributed by atoms with Crippen LogP contribution >= 0.6 is 22.9 Å². The van der Waals surface area contributed by atoms with Crippen LogP contribution in [0.2, 0.25) is 5.15 Å². The highest BCUT2D eigenvalue weighted by atomic mass is 35.5. The zero-order valence-corrected chi connectivity index (χ0v) is 9.67. The van der Waals surface area contributed by atoms with Crippen LogP contribution in [-0.4, -0.2) is 16.1 Å². The summed E-state index contributed by atoms with van der Waals surface area (Å²) >= 11 is 7.10. The lowest BCUT2D eigenvalue weighted by Crippen LogP contribution is -2.14. The molecule has 0 aliphatic rings. The van der Waals surface area contributed by atoms with Crippen LogP contribution in [0.1, 0.15) is 10.7 Å². The molecule has 2 nitrogen and oxygen atoms in total. The van der Waals surface area contributed by atoms with Gasteiger partial charge < -0.3 is 0 Å². The molecule has 0 bridgehead atoms. The molecule has 16 heavy (non-hydrogen) atoms. The van der Waals surface area contributed by atoms with Crippen LogP contribution in [0.25, 0.3) is 10.2 Å². The molecule has 0 N–H and O–H groups in total. The van der Waals surface area contributed by atoms with Crippen LogP contribution in [0.15, 0.2) is 6.07 Å². The maximum absolute atomic E-state index is 12.2. The summed E-state index contributed by atoms with van der Waals surface area (Å²) in [6, 6.07) is 1.76. The van der Waals surface area contributed by atoms with Crippen LogP contribution < -0.4 is 0 Å². The molecule has 0 unspecified atom stereocenters. The molecule has 0 aliphatic heterocycles. The number of aromatic nitrogens is 2. The SMILES string of the molecule is Cc1cc2c(Cl)nc(CC(F)(F)F)nc2s1. The third-order valence-electron chi connectivity index (χ3n) is 1.87. The monoisotopic (exact) mass is 266 g/mol. The van der Waals surface area contributed by atoms with Gasteiger partial charge in [-0.15, -0.1) is 11.3 Å². The molecule has 0 spiro atoms. The van der Waals surface area contributed by atoms with Gasteiger partial charge in [-0.3, -0.25) is 0 Å². The molecule has 0 aromatic carbocycles. The molecule has 2 heterocycles. The lowest BCUT2D eigenvalue weighted by atomic mass is 10.3. The van der Waals surface area contributed by atoms with Crippen molar-refractivity contribution in [3.8, 4) is 0 Å². The largest absolute Gasteiger partial charge is 0.396 e. The first-order valence-electron chi connectivity index (χ1n) is 4.34. The third-order valence-corrected chi connectivity index (χ3v) is 3.11. The molecule has 0 amide bonds. The summed E-state index contributed by atoms with van der Waals surface area (Å²) in [6.07, 6.45) is -5.47. The van der Waals surface area contributed by atoms with Gasteiger partial charge in [0.2, 0.25) is 0 Å². The van der Waals surface area contributed by atoms with Crippen LogP contribution in [0.4, 0.5) is 13.2 Å². The molecule has 0 radical (unpaired) electrons. The smallest absolute Gasteiger partial charge is 0.222 e. The minimum absolute atomic E-state index is 0.0774. The molecule has 0 saturated carbocycles. The molecule has 2 aromatic heterocycles. The number of hydrogen-bond acceptors (Lipinski definition) is 3. The first kappa shape index (κ1) is 11.6. The second-order valence-corrected chi connectivity index (χ2v) is 4.89. The van der Waals surface area contributed by atoms with E-state index in [2.05, 4.69) is 9.97 Å². The molecule has 2 rings (SSSR count). The third kappa shape index (κ3) is 2.44. The lowest BCUT2D eigenvalue weighted by Gasteiger charge is -2.05. The standard InChI is InChI=1S/C9H6ClF3N2S/c1-4-2-5-7(10)14-6(3-9(11,12)13)15-8(5)16-4/h2H,3H2,1H3. The highest BCUT2D eigenvalue weighted by Gasteiger charge is 2.29. The molecule has 0 atom stereocenters. The fourth-order valence-corrected chi connectivity index (χ4v) is 2.50. The van der Waals surface area contributed by atoms with E-state index in [1.807, 2.05) is 6.92 Å². The van der Waals surface area contributed by atoms with Gasteiger partial charge in [-0.05, 0) is 13.0 Å². The number of thiophene rings is 1. The number of nitrogens with zero attached hydrogens (tertiary/aromatic N) is 2. The Labute approximate surface area is 98.1 Å². The van der Waals surface area contributed by atoms with Crippen molar-refractivity contribution in [1.29, 1.82) is 0 Å². The average Bonchev–Trinajstić information content (AvgIpc) is 2.42. The van der Waals surface area contributed by atoms with Gasteiger partial charge in [0.15, 0.2) is 0 Å². The van der Waals surface area contributed by atoms with E-state index in [1.165, 1.54) is 11.3 Å². The van der Waals surface area contributed by atoms with Gasteiger partial charge in [0.05, 0.1) is 0 Å². The van der Waals surface area contributed by atoms with E-state index in [4.69, 9.17) is 11.6 Å². The van der Waals surface area contributed by atoms with Gasteiger partial charge in [0, 0.05) is 10.3 Å². The molecule has 0 fully saturated rings. The first-order chi connectivity index (χ1) is 7.35. The van der Waals surface area contributed by atoms with Crippen molar-refractivity contribution < 1.29 is 13.2 Å². The fraction of sp³-hybridized carbons (Fsp3) is 0.333. The number of hydrogen-bond donors (Lipinski definition) is 0. The Morgan fingerprint density at radius 3 is 2.69 bits per heavy atom. The molecule has 86 valence electrons. The van der Waals surface area contributed by atoms with Crippen molar-refractivity contribution in [2.45, 2.75) is 19.5 Å². The second kappa shape index (κ2) is 3.85. The summed E-state index contributed by atoms with van der Waals surface area (Å²) < 4.78 is 36.5. The summed E-state index contributed by atoms with van der Waals surface area (Å²) in [5.41, 5.74) is 0. The van der Waals surface area contributed by atoms with Gasteiger partial charge in [-0.25, -0.2) is 9.97 Å². The quantitative estimate of drug-likeness (QED) is 0.735. The highest BCUT2D eigenvalue weighted by molar-refractivity contribution is 7.18. The Bertz CT molecular complexity index is 535. The number of fused-ring (bicyclic) bond motifs is 1. The normalized spacial score (nSPS) is 12.3. The van der Waals surface area contributed by atoms with E-state index in [9.17, 15) is 13.2 Å². The Hall–Kier alpha value is -0.880. The van der Waals surface area contributed by atoms with Crippen LogP contribution in [-0.2, 0) is 6.42 Å². The van der Waals surface area contributed by atoms with Gasteiger partial charge in [-0.1, -0.05) is 11.6 Å². The van der Waals surface area contributed by atoms with E-state index >= 15 is 0 Å². The minimum Gasteiger partial charge on any atom is -0.222 e. The summed E-state index contributed by atoms with van der Waals surface area (Å²) in [7, 11) is 0. The molecule has 2 aromatic rings. The van der Waals surface area contributed by atoms with E-state index < -0.39 is 12.6 Å². The Balaban J connectivity index is 2.49. The summed E-state index contributed by atoms with van der Waals surface area (Å²) in [5.74, 6) is -0.285. The van der Waals surface area contributed by atoms with Crippen LogP contribution in [0.5, 0.6) is 0 Å². The number of rotatable bonds is 1. The lowest BCUT2D eigenvalue weighted by molar-refractivity contribution is -0.128. The molecule has 7 heteroatoms. The maximum Gasteiger partial charge on any atom is 0.396 e. The van der Waals surface area contributed by atoms with Crippen LogP contribution in [0, 0.1) is 6.92 Å². The second-order valence-electron chi connectivity index (χ2n) is 3.30. The number of aryl methyl sites for hydroxylation is 1. The summed E-state index contributed by atoms with van der Waals surface area (Å²) in [5, 5.41) is 0.684. The predicted octanol–water partition coefficient (Wildman–Crippen LogP) is 3.76. The molecule has 0 saturated heterocycles. The van der Waals surface area contributed by atoms with Crippen molar-refractivity contribution in [2.75, 3.05) is 0 Å².